The van der Waals surface area contributed by atoms with Gasteiger partial charge in [0.25, 0.3) is 0 Å². The molecule has 0 fully saturated rings. The number of nitrogens with one attached hydrogen (secondary N) is 1. The number of aliphatic hydroxyl groups is 1. The van der Waals surface area contributed by atoms with Gasteiger partial charge >= 0.3 is 0 Å². The zero-order valence-electron chi connectivity index (χ0n) is 12.7. The molecule has 2 N–H and O–H groups in total. The third-order valence-corrected chi connectivity index (χ3v) is 4.86. The van der Waals surface area contributed by atoms with Gasteiger partial charge in [-0.2, -0.15) is 5.10 Å². The highest BCUT2D eigenvalue weighted by Gasteiger charge is 2.26. The van der Waals surface area contributed by atoms with E-state index in [1.807, 2.05) is 48.9 Å². The van der Waals surface area contributed by atoms with Crippen molar-refractivity contribution in [2.45, 2.75) is 39.4 Å². The quantitative estimate of drug-likeness (QED) is 0.840. The second-order valence-electron chi connectivity index (χ2n) is 5.37. The molecule has 4 nitrogen and oxygen atoms in total. The number of aryl methyl sites for hydroxylation is 2. The lowest BCUT2D eigenvalue weighted by Crippen LogP contribution is -2.42. The van der Waals surface area contributed by atoms with E-state index in [1.165, 1.54) is 0 Å². The van der Waals surface area contributed by atoms with Crippen molar-refractivity contribution in [3.63, 3.8) is 0 Å². The Morgan fingerprint density at radius 1 is 1.33 bits per heavy atom. The number of nitrogens with zero attached hydrogens (tertiary/aromatic N) is 2. The molecule has 1 heterocycles. The van der Waals surface area contributed by atoms with Crippen LogP contribution in [0.25, 0.3) is 0 Å². The molecule has 1 aromatic heterocycles. The summed E-state index contributed by atoms with van der Waals surface area (Å²) < 4.78 is 3.01. The maximum absolute atomic E-state index is 9.82. The molecule has 2 rings (SSSR count). The van der Waals surface area contributed by atoms with E-state index in [0.717, 1.165) is 28.0 Å². The Hall–Kier alpha value is -1.17. The average molecular weight is 352 g/mol. The molecule has 21 heavy (non-hydrogen) atoms. The fourth-order valence-electron chi connectivity index (χ4n) is 2.37. The van der Waals surface area contributed by atoms with Gasteiger partial charge in [0, 0.05) is 13.1 Å². The van der Waals surface area contributed by atoms with E-state index in [2.05, 4.69) is 33.3 Å². The Morgan fingerprint density at radius 2 is 2.00 bits per heavy atom. The summed E-state index contributed by atoms with van der Waals surface area (Å²) in [6.45, 7) is 7.57. The molecule has 1 atom stereocenters. The minimum absolute atomic E-state index is 0.0356. The number of aliphatic hydroxyl groups excluding tert-OH is 1. The van der Waals surface area contributed by atoms with Crippen molar-refractivity contribution in [3.05, 3.63) is 51.8 Å². The summed E-state index contributed by atoms with van der Waals surface area (Å²) in [7, 11) is 0. The van der Waals surface area contributed by atoms with Gasteiger partial charge in [0.1, 0.15) is 0 Å². The van der Waals surface area contributed by atoms with E-state index in [-0.39, 0.29) is 6.61 Å². The fraction of sp³-hybridized carbons (Fsp3) is 0.438. The number of aromatic nitrogens is 2. The molecule has 1 aromatic carbocycles. The molecule has 0 spiro atoms. The van der Waals surface area contributed by atoms with Gasteiger partial charge in [-0.1, -0.05) is 30.3 Å². The van der Waals surface area contributed by atoms with Gasteiger partial charge in [-0.3, -0.25) is 10.00 Å². The highest BCUT2D eigenvalue weighted by molar-refractivity contribution is 9.10. The maximum Gasteiger partial charge on any atom is 0.0739 e. The summed E-state index contributed by atoms with van der Waals surface area (Å²) in [5.41, 5.74) is 2.69. The van der Waals surface area contributed by atoms with E-state index < -0.39 is 5.54 Å². The Kier molecular flexibility index (Phi) is 5.19. The molecule has 1 unspecified atom stereocenters. The highest BCUT2D eigenvalue weighted by atomic mass is 79.9. The van der Waals surface area contributed by atoms with Crippen molar-refractivity contribution < 1.29 is 5.11 Å². The zero-order chi connectivity index (χ0) is 15.5. The molecule has 114 valence electrons. The van der Waals surface area contributed by atoms with Crippen LogP contribution in [-0.4, -0.2) is 21.5 Å². The number of halogens is 1. The van der Waals surface area contributed by atoms with E-state index >= 15 is 0 Å². The van der Waals surface area contributed by atoms with Crippen molar-refractivity contribution in [2.75, 3.05) is 6.61 Å². The number of hydrogen-bond acceptors (Lipinski definition) is 3. The predicted molar refractivity (Wildman–Crippen MR) is 88.1 cm³/mol. The molecule has 2 aromatic rings. The van der Waals surface area contributed by atoms with Crippen molar-refractivity contribution in [2.24, 2.45) is 0 Å². The van der Waals surface area contributed by atoms with Crippen LogP contribution >= 0.6 is 15.9 Å². The second-order valence-corrected chi connectivity index (χ2v) is 6.16. The van der Waals surface area contributed by atoms with Crippen LogP contribution < -0.4 is 5.32 Å². The Bertz CT molecular complexity index is 597. The van der Waals surface area contributed by atoms with Crippen LogP contribution in [0.3, 0.4) is 0 Å². The van der Waals surface area contributed by atoms with Crippen LogP contribution in [0.5, 0.6) is 0 Å². The predicted octanol–water partition coefficient (Wildman–Crippen LogP) is 2.97. The van der Waals surface area contributed by atoms with Crippen LogP contribution in [0.15, 0.2) is 34.8 Å². The van der Waals surface area contributed by atoms with E-state index in [9.17, 15) is 5.11 Å². The zero-order valence-corrected chi connectivity index (χ0v) is 14.3. The lowest BCUT2D eigenvalue weighted by Gasteiger charge is -2.29. The topological polar surface area (TPSA) is 50.1 Å². The van der Waals surface area contributed by atoms with Crippen LogP contribution in [0.1, 0.15) is 30.8 Å². The van der Waals surface area contributed by atoms with Gasteiger partial charge in [0.05, 0.1) is 28.0 Å². The maximum atomic E-state index is 9.82. The van der Waals surface area contributed by atoms with E-state index in [0.29, 0.717) is 6.54 Å². The van der Waals surface area contributed by atoms with Crippen molar-refractivity contribution >= 4 is 15.9 Å². The summed E-state index contributed by atoms with van der Waals surface area (Å²) in [5.74, 6) is 0. The lowest BCUT2D eigenvalue weighted by atomic mass is 9.93. The minimum Gasteiger partial charge on any atom is -0.394 e. The summed E-state index contributed by atoms with van der Waals surface area (Å²) in [6, 6.07) is 10.0. The van der Waals surface area contributed by atoms with Gasteiger partial charge in [-0.05, 0) is 42.3 Å². The largest absolute Gasteiger partial charge is 0.394 e. The first-order valence-corrected chi connectivity index (χ1v) is 7.94. The molecule has 0 aliphatic heterocycles. The average Bonchev–Trinajstić information content (AvgIpc) is 2.80. The highest BCUT2D eigenvalue weighted by Crippen LogP contribution is 2.24. The molecule has 0 aliphatic carbocycles. The van der Waals surface area contributed by atoms with Crippen molar-refractivity contribution in [3.8, 4) is 0 Å². The van der Waals surface area contributed by atoms with Crippen molar-refractivity contribution in [1.29, 1.82) is 0 Å². The molecule has 0 aliphatic rings. The molecular formula is C16H22BrN3O. The molecule has 0 saturated heterocycles. The van der Waals surface area contributed by atoms with Crippen LogP contribution in [0.4, 0.5) is 0 Å². The first-order chi connectivity index (χ1) is 10.0. The Morgan fingerprint density at radius 3 is 2.57 bits per heavy atom. The van der Waals surface area contributed by atoms with Crippen molar-refractivity contribution in [1.82, 2.24) is 15.1 Å². The van der Waals surface area contributed by atoms with Gasteiger partial charge in [-0.15, -0.1) is 0 Å². The monoisotopic (exact) mass is 351 g/mol. The van der Waals surface area contributed by atoms with E-state index in [1.54, 1.807) is 0 Å². The SMILES string of the molecule is CCn1nc(C)c(Br)c1CNC(C)(CO)c1ccccc1. The molecule has 0 radical (unpaired) electrons. The fourth-order valence-corrected chi connectivity index (χ4v) is 2.80. The molecule has 5 heteroatoms. The van der Waals surface area contributed by atoms with Gasteiger partial charge < -0.3 is 5.11 Å². The number of hydrogen-bond donors (Lipinski definition) is 2. The van der Waals surface area contributed by atoms with Gasteiger partial charge in [0.15, 0.2) is 0 Å². The Labute approximate surface area is 134 Å². The molecular weight excluding hydrogens is 330 g/mol. The summed E-state index contributed by atoms with van der Waals surface area (Å²) in [5, 5.41) is 17.8. The first-order valence-electron chi connectivity index (χ1n) is 7.15. The normalized spacial score (nSPS) is 14.1. The third kappa shape index (κ3) is 3.36. The Balaban J connectivity index is 2.21. The summed E-state index contributed by atoms with van der Waals surface area (Å²) in [6.07, 6.45) is 0. The standard InChI is InChI=1S/C16H22BrN3O/c1-4-20-14(15(17)12(2)19-20)10-18-16(3,11-21)13-8-6-5-7-9-13/h5-9,18,21H,4,10-11H2,1-3H3. The van der Waals surface area contributed by atoms with Gasteiger partial charge in [-0.25, -0.2) is 0 Å². The lowest BCUT2D eigenvalue weighted by molar-refractivity contribution is 0.172. The molecule has 0 amide bonds. The number of rotatable bonds is 6. The van der Waals surface area contributed by atoms with E-state index in [4.69, 9.17) is 0 Å². The van der Waals surface area contributed by atoms with Crippen LogP contribution in [0.2, 0.25) is 0 Å². The molecule has 0 saturated carbocycles. The molecule has 0 bridgehead atoms. The number of benzene rings is 1. The van der Waals surface area contributed by atoms with Crippen LogP contribution in [0, 0.1) is 6.92 Å². The first kappa shape index (κ1) is 16.2. The summed E-state index contributed by atoms with van der Waals surface area (Å²) in [4.78, 5) is 0. The van der Waals surface area contributed by atoms with Crippen LogP contribution in [-0.2, 0) is 18.6 Å². The minimum atomic E-state index is -0.475. The smallest absolute Gasteiger partial charge is 0.0739 e. The third-order valence-electron chi connectivity index (χ3n) is 3.83. The van der Waals surface area contributed by atoms with Gasteiger partial charge in [0.2, 0.25) is 0 Å². The second kappa shape index (κ2) is 6.73. The summed E-state index contributed by atoms with van der Waals surface area (Å²) >= 11 is 3.60.